The number of rotatable bonds is 7. The standard InChI is InChI=1S/C32H36S5/c1-9-32(8,10-2)28-18-20(4)30(37-28)26-16-14-24(35-26)22-12-11-21(33-22)23-13-15-25(34-23)29-19(3)17-27(36-29)31(5,6)7/h11-18H,9-10H2,1-8H3. The maximum Gasteiger partial charge on any atom is 0.0475 e. The Morgan fingerprint density at radius 2 is 0.865 bits per heavy atom. The lowest BCUT2D eigenvalue weighted by Gasteiger charge is -2.25. The van der Waals surface area contributed by atoms with Crippen molar-refractivity contribution < 1.29 is 0 Å². The molecule has 194 valence electrons. The predicted molar refractivity (Wildman–Crippen MR) is 174 cm³/mol. The van der Waals surface area contributed by atoms with Gasteiger partial charge in [-0.05, 0) is 91.8 Å². The Kier molecular flexibility index (Phi) is 7.49. The molecule has 0 aliphatic rings. The van der Waals surface area contributed by atoms with E-state index in [0.717, 1.165) is 0 Å². The Morgan fingerprint density at radius 1 is 0.514 bits per heavy atom. The summed E-state index contributed by atoms with van der Waals surface area (Å²) in [5.74, 6) is 0. The zero-order valence-corrected chi connectivity index (χ0v) is 27.2. The van der Waals surface area contributed by atoms with Crippen molar-refractivity contribution in [1.29, 1.82) is 0 Å². The first kappa shape index (κ1) is 27.1. The van der Waals surface area contributed by atoms with Gasteiger partial charge in [-0.3, -0.25) is 0 Å². The van der Waals surface area contributed by atoms with Crippen molar-refractivity contribution in [2.75, 3.05) is 0 Å². The summed E-state index contributed by atoms with van der Waals surface area (Å²) in [6, 6.07) is 18.7. The van der Waals surface area contributed by atoms with Gasteiger partial charge in [-0.25, -0.2) is 0 Å². The van der Waals surface area contributed by atoms with E-state index < -0.39 is 0 Å². The molecule has 0 saturated carbocycles. The molecule has 0 N–H and O–H groups in total. The van der Waals surface area contributed by atoms with E-state index >= 15 is 0 Å². The van der Waals surface area contributed by atoms with Gasteiger partial charge in [0.25, 0.3) is 0 Å². The first-order chi connectivity index (χ1) is 17.5. The van der Waals surface area contributed by atoms with Gasteiger partial charge in [-0.1, -0.05) is 41.5 Å². The van der Waals surface area contributed by atoms with Crippen molar-refractivity contribution in [3.8, 4) is 39.0 Å². The third kappa shape index (κ3) is 5.23. The Hall–Kier alpha value is -1.50. The van der Waals surface area contributed by atoms with Crippen LogP contribution in [0.15, 0.2) is 48.5 Å². The minimum absolute atomic E-state index is 0.199. The molecular formula is C32H36S5. The van der Waals surface area contributed by atoms with Crippen LogP contribution in [0.4, 0.5) is 0 Å². The molecule has 5 aromatic rings. The van der Waals surface area contributed by atoms with E-state index in [4.69, 9.17) is 0 Å². The number of hydrogen-bond donors (Lipinski definition) is 0. The first-order valence-electron chi connectivity index (χ1n) is 13.0. The second kappa shape index (κ2) is 10.2. The van der Waals surface area contributed by atoms with Crippen LogP contribution in [-0.2, 0) is 10.8 Å². The topological polar surface area (TPSA) is 0 Å². The summed E-state index contributed by atoms with van der Waals surface area (Å²) in [5, 5.41) is 0. The van der Waals surface area contributed by atoms with Gasteiger partial charge in [0.15, 0.2) is 0 Å². The van der Waals surface area contributed by atoms with E-state index in [9.17, 15) is 0 Å². The fourth-order valence-corrected chi connectivity index (χ4v) is 10.7. The van der Waals surface area contributed by atoms with Crippen molar-refractivity contribution in [2.45, 2.75) is 79.1 Å². The molecule has 0 amide bonds. The normalized spacial score (nSPS) is 12.5. The highest BCUT2D eigenvalue weighted by atomic mass is 32.1. The lowest BCUT2D eigenvalue weighted by atomic mass is 9.83. The summed E-state index contributed by atoms with van der Waals surface area (Å²) in [4.78, 5) is 14.1. The van der Waals surface area contributed by atoms with Crippen LogP contribution in [0.25, 0.3) is 39.0 Å². The molecule has 5 rings (SSSR count). The van der Waals surface area contributed by atoms with Crippen molar-refractivity contribution in [3.05, 3.63) is 69.4 Å². The zero-order chi connectivity index (χ0) is 26.5. The average molecular weight is 581 g/mol. The van der Waals surface area contributed by atoms with Gasteiger partial charge in [0.2, 0.25) is 0 Å². The van der Waals surface area contributed by atoms with Crippen LogP contribution >= 0.6 is 56.7 Å². The van der Waals surface area contributed by atoms with Crippen LogP contribution in [0.2, 0.25) is 0 Å². The summed E-state index contributed by atoms with van der Waals surface area (Å²) in [5.41, 5.74) is 3.29. The molecule has 0 fully saturated rings. The predicted octanol–water partition coefficient (Wildman–Crippen LogP) is 12.7. The highest BCUT2D eigenvalue weighted by molar-refractivity contribution is 7.29. The average Bonchev–Trinajstić information content (AvgIpc) is 3.66. The SMILES string of the molecule is CCC(C)(CC)c1cc(C)c(-c2ccc(-c3ccc(-c4ccc(-c5sc(C(C)(C)C)cc5C)s4)s3)s2)s1. The molecule has 5 heteroatoms. The molecule has 0 unspecified atom stereocenters. The van der Waals surface area contributed by atoms with E-state index in [-0.39, 0.29) is 10.8 Å². The minimum atomic E-state index is 0.199. The van der Waals surface area contributed by atoms with Gasteiger partial charge < -0.3 is 0 Å². The van der Waals surface area contributed by atoms with Crippen LogP contribution in [0.5, 0.6) is 0 Å². The maximum atomic E-state index is 2.43. The molecule has 0 aromatic carbocycles. The molecule has 0 saturated heterocycles. The molecule has 0 aliphatic carbocycles. The van der Waals surface area contributed by atoms with Gasteiger partial charge in [0, 0.05) is 54.2 Å². The molecule has 0 nitrogen and oxygen atoms in total. The second-order valence-electron chi connectivity index (χ2n) is 11.3. The molecule has 0 spiro atoms. The molecule has 37 heavy (non-hydrogen) atoms. The Labute approximate surface area is 242 Å². The Morgan fingerprint density at radius 3 is 1.24 bits per heavy atom. The third-order valence-corrected chi connectivity index (χ3v) is 14.7. The summed E-state index contributed by atoms with van der Waals surface area (Å²) in [7, 11) is 0. The van der Waals surface area contributed by atoms with E-state index in [1.54, 1.807) is 0 Å². The van der Waals surface area contributed by atoms with Crippen LogP contribution in [-0.4, -0.2) is 0 Å². The smallest absolute Gasteiger partial charge is 0.0475 e. The number of aryl methyl sites for hydroxylation is 2. The van der Waals surface area contributed by atoms with Gasteiger partial charge in [0.05, 0.1) is 0 Å². The minimum Gasteiger partial charge on any atom is -0.139 e. The van der Waals surface area contributed by atoms with Crippen LogP contribution < -0.4 is 0 Å². The number of hydrogen-bond acceptors (Lipinski definition) is 5. The lowest BCUT2D eigenvalue weighted by Crippen LogP contribution is -2.17. The molecule has 5 heterocycles. The monoisotopic (exact) mass is 580 g/mol. The molecule has 5 aromatic heterocycles. The van der Waals surface area contributed by atoms with E-state index in [1.807, 2.05) is 56.7 Å². The van der Waals surface area contributed by atoms with Crippen molar-refractivity contribution >= 4 is 56.7 Å². The third-order valence-electron chi connectivity index (χ3n) is 7.48. The first-order valence-corrected chi connectivity index (χ1v) is 17.1. The fraction of sp³-hybridized carbons (Fsp3) is 0.375. The van der Waals surface area contributed by atoms with Crippen LogP contribution in [0.3, 0.4) is 0 Å². The highest BCUT2D eigenvalue weighted by Crippen LogP contribution is 2.48. The zero-order valence-electron chi connectivity index (χ0n) is 23.1. The quantitative estimate of drug-likeness (QED) is 0.180. The molecule has 0 atom stereocenters. The van der Waals surface area contributed by atoms with E-state index in [0.29, 0.717) is 0 Å². The van der Waals surface area contributed by atoms with Gasteiger partial charge >= 0.3 is 0 Å². The van der Waals surface area contributed by atoms with E-state index in [2.05, 4.69) is 104 Å². The van der Waals surface area contributed by atoms with Crippen molar-refractivity contribution in [3.63, 3.8) is 0 Å². The molecular weight excluding hydrogens is 545 g/mol. The summed E-state index contributed by atoms with van der Waals surface area (Å²) < 4.78 is 0. The van der Waals surface area contributed by atoms with Crippen LogP contribution in [0, 0.1) is 13.8 Å². The van der Waals surface area contributed by atoms with Crippen molar-refractivity contribution in [1.82, 2.24) is 0 Å². The lowest BCUT2D eigenvalue weighted by molar-refractivity contribution is 0.448. The molecule has 0 radical (unpaired) electrons. The maximum absolute atomic E-state index is 2.43. The number of thiophene rings is 5. The fourth-order valence-electron chi connectivity index (χ4n) is 4.51. The second-order valence-corrected chi connectivity index (χ2v) is 16.6. The summed E-state index contributed by atoms with van der Waals surface area (Å²) >= 11 is 9.73. The van der Waals surface area contributed by atoms with Gasteiger partial charge in [-0.2, -0.15) is 0 Å². The van der Waals surface area contributed by atoms with Gasteiger partial charge in [0.1, 0.15) is 0 Å². The summed E-state index contributed by atoms with van der Waals surface area (Å²) in [6.07, 6.45) is 2.37. The van der Waals surface area contributed by atoms with Gasteiger partial charge in [-0.15, -0.1) is 56.7 Å². The Bertz CT molecular complexity index is 1520. The largest absolute Gasteiger partial charge is 0.139 e. The van der Waals surface area contributed by atoms with Crippen molar-refractivity contribution in [2.24, 2.45) is 0 Å². The molecule has 0 bridgehead atoms. The van der Waals surface area contributed by atoms with Crippen LogP contribution in [0.1, 0.15) is 75.3 Å². The Balaban J connectivity index is 1.39. The highest BCUT2D eigenvalue weighted by Gasteiger charge is 2.26. The molecule has 0 aliphatic heterocycles. The summed E-state index contributed by atoms with van der Waals surface area (Å²) in [6.45, 7) is 18.5. The van der Waals surface area contributed by atoms with E-state index in [1.165, 1.54) is 72.7 Å².